The van der Waals surface area contributed by atoms with Crippen LogP contribution in [0.3, 0.4) is 0 Å². The quantitative estimate of drug-likeness (QED) is 0.246. The van der Waals surface area contributed by atoms with Gasteiger partial charge in [0.2, 0.25) is 0 Å². The first kappa shape index (κ1) is 24.7. The average Bonchev–Trinajstić information content (AvgIpc) is 3.53. The minimum atomic E-state index is -1.20. The molecule has 1 saturated heterocycles. The number of nitrogens with zero attached hydrogens (tertiary/aromatic N) is 3. The summed E-state index contributed by atoms with van der Waals surface area (Å²) in [5.74, 6) is -3.13. The molecule has 2 aromatic carbocycles. The first-order valence-corrected chi connectivity index (χ1v) is 11.9. The van der Waals surface area contributed by atoms with Crippen molar-refractivity contribution in [3.8, 4) is 11.3 Å². The Morgan fingerprint density at radius 3 is 2.30 bits per heavy atom. The van der Waals surface area contributed by atoms with E-state index in [4.69, 9.17) is 4.42 Å². The van der Waals surface area contributed by atoms with Gasteiger partial charge in [-0.2, -0.15) is 0 Å². The van der Waals surface area contributed by atoms with Crippen LogP contribution in [0.25, 0.3) is 11.3 Å². The van der Waals surface area contributed by atoms with Gasteiger partial charge in [-0.25, -0.2) is 17.6 Å². The van der Waals surface area contributed by atoms with Crippen LogP contribution >= 0.6 is 0 Å². The van der Waals surface area contributed by atoms with Gasteiger partial charge in [0.25, 0.3) is 5.91 Å². The molecule has 0 aliphatic carbocycles. The fraction of sp³-hybridized carbons (Fsp3) is 0.250. The Labute approximate surface area is 211 Å². The fourth-order valence-corrected chi connectivity index (χ4v) is 4.81. The number of carbonyl (C=O) groups excluding carboxylic acids is 1. The molecule has 0 atom stereocenters. The van der Waals surface area contributed by atoms with E-state index in [0.29, 0.717) is 23.6 Å². The molecule has 1 amide bonds. The molecule has 9 heteroatoms. The molecule has 1 aliphatic heterocycles. The molecular weight excluding hydrogens is 486 g/mol. The van der Waals surface area contributed by atoms with Crippen molar-refractivity contribution < 1.29 is 26.8 Å². The van der Waals surface area contributed by atoms with Crippen LogP contribution in [0.5, 0.6) is 0 Å². The number of anilines is 1. The molecule has 1 fully saturated rings. The molecule has 0 saturated carbocycles. The Balaban J connectivity index is 1.43. The standard InChI is InChI=1S/C28H25F4N3O2/c1-17-15-35(16-19-5-7-20(29)8-6-19)27(24(17)23-4-3-13-37-23)28(36)34-11-9-33(10-12-34)22-14-21(30)25(31)18(2)26(22)32/h3-8,13-15H,9-12,16H2,1-2H3. The van der Waals surface area contributed by atoms with Gasteiger partial charge in [0.1, 0.15) is 17.3 Å². The number of aromatic nitrogens is 1. The predicted octanol–water partition coefficient (Wildman–Crippen LogP) is 5.93. The van der Waals surface area contributed by atoms with Crippen LogP contribution in [0.4, 0.5) is 23.2 Å². The van der Waals surface area contributed by atoms with Gasteiger partial charge in [-0.3, -0.25) is 4.79 Å². The second-order valence-electron chi connectivity index (χ2n) is 9.18. The highest BCUT2D eigenvalue weighted by molar-refractivity contribution is 6.00. The van der Waals surface area contributed by atoms with Crippen molar-refractivity contribution in [2.45, 2.75) is 20.4 Å². The molecule has 2 aromatic heterocycles. The first-order chi connectivity index (χ1) is 17.7. The molecule has 192 valence electrons. The maximum atomic E-state index is 14.7. The Bertz CT molecular complexity index is 1440. The van der Waals surface area contributed by atoms with Gasteiger partial charge in [0, 0.05) is 50.6 Å². The molecule has 0 radical (unpaired) electrons. The third-order valence-electron chi connectivity index (χ3n) is 6.77. The second kappa shape index (κ2) is 9.80. The summed E-state index contributed by atoms with van der Waals surface area (Å²) in [5, 5.41) is 0. The third-order valence-corrected chi connectivity index (χ3v) is 6.77. The van der Waals surface area contributed by atoms with E-state index in [-0.39, 0.29) is 49.2 Å². The van der Waals surface area contributed by atoms with Crippen molar-refractivity contribution in [3.63, 3.8) is 0 Å². The molecular formula is C28H25F4N3O2. The maximum absolute atomic E-state index is 14.7. The largest absolute Gasteiger partial charge is 0.464 e. The first-order valence-electron chi connectivity index (χ1n) is 11.9. The number of benzene rings is 2. The number of hydrogen-bond acceptors (Lipinski definition) is 3. The van der Waals surface area contributed by atoms with E-state index in [0.717, 1.165) is 17.2 Å². The molecule has 5 rings (SSSR count). The van der Waals surface area contributed by atoms with Crippen LogP contribution in [0, 0.1) is 37.1 Å². The SMILES string of the molecule is Cc1cn(Cc2ccc(F)cc2)c(C(=O)N2CCN(c3cc(F)c(F)c(C)c3F)CC2)c1-c1ccco1. The summed E-state index contributed by atoms with van der Waals surface area (Å²) >= 11 is 0. The van der Waals surface area contributed by atoms with Gasteiger partial charge >= 0.3 is 0 Å². The van der Waals surface area contributed by atoms with E-state index in [2.05, 4.69) is 0 Å². The van der Waals surface area contributed by atoms with Gasteiger partial charge in [0.05, 0.1) is 17.5 Å². The van der Waals surface area contributed by atoms with Crippen molar-refractivity contribution >= 4 is 11.6 Å². The molecule has 37 heavy (non-hydrogen) atoms. The lowest BCUT2D eigenvalue weighted by Gasteiger charge is -2.36. The number of aryl methyl sites for hydroxylation is 1. The van der Waals surface area contributed by atoms with Crippen LogP contribution in [-0.4, -0.2) is 41.6 Å². The van der Waals surface area contributed by atoms with E-state index in [1.807, 2.05) is 17.7 Å². The summed E-state index contributed by atoms with van der Waals surface area (Å²) in [5.41, 5.74) is 2.38. The molecule has 0 N–H and O–H groups in total. The lowest BCUT2D eigenvalue weighted by molar-refractivity contribution is 0.0736. The topological polar surface area (TPSA) is 41.6 Å². The molecule has 1 aliphatic rings. The van der Waals surface area contributed by atoms with Crippen LogP contribution in [0.1, 0.15) is 27.2 Å². The zero-order chi connectivity index (χ0) is 26.3. The second-order valence-corrected chi connectivity index (χ2v) is 9.18. The average molecular weight is 512 g/mol. The number of rotatable bonds is 5. The minimum absolute atomic E-state index is 0.0182. The molecule has 0 unspecified atom stereocenters. The third kappa shape index (κ3) is 4.61. The van der Waals surface area contributed by atoms with E-state index in [1.54, 1.807) is 34.1 Å². The van der Waals surface area contributed by atoms with Gasteiger partial charge in [-0.1, -0.05) is 12.1 Å². The van der Waals surface area contributed by atoms with Gasteiger partial charge in [-0.15, -0.1) is 0 Å². The van der Waals surface area contributed by atoms with Crippen molar-refractivity contribution in [1.82, 2.24) is 9.47 Å². The van der Waals surface area contributed by atoms with Crippen molar-refractivity contribution in [3.05, 3.63) is 101 Å². The van der Waals surface area contributed by atoms with Gasteiger partial charge < -0.3 is 18.8 Å². The highest BCUT2D eigenvalue weighted by Crippen LogP contribution is 2.32. The van der Waals surface area contributed by atoms with Gasteiger partial charge in [0.15, 0.2) is 17.5 Å². The summed E-state index contributed by atoms with van der Waals surface area (Å²) in [6, 6.07) is 10.5. The number of furan rings is 1. The summed E-state index contributed by atoms with van der Waals surface area (Å²) in [6.45, 7) is 4.46. The molecule has 4 aromatic rings. The summed E-state index contributed by atoms with van der Waals surface area (Å²) in [7, 11) is 0. The van der Waals surface area contributed by atoms with Crippen molar-refractivity contribution in [2.24, 2.45) is 0 Å². The summed E-state index contributed by atoms with van der Waals surface area (Å²) in [6.07, 6.45) is 3.40. The Kier molecular flexibility index (Phi) is 6.54. The monoisotopic (exact) mass is 511 g/mol. The van der Waals surface area contributed by atoms with E-state index in [1.165, 1.54) is 25.3 Å². The predicted molar refractivity (Wildman–Crippen MR) is 132 cm³/mol. The fourth-order valence-electron chi connectivity index (χ4n) is 4.81. The number of amides is 1. The van der Waals surface area contributed by atoms with Crippen LogP contribution in [-0.2, 0) is 6.54 Å². The van der Waals surface area contributed by atoms with Gasteiger partial charge in [-0.05, 0) is 49.2 Å². The lowest BCUT2D eigenvalue weighted by Crippen LogP contribution is -2.49. The number of hydrogen-bond donors (Lipinski definition) is 0. The smallest absolute Gasteiger partial charge is 0.271 e. The maximum Gasteiger partial charge on any atom is 0.271 e. The van der Waals surface area contributed by atoms with E-state index < -0.39 is 17.5 Å². The highest BCUT2D eigenvalue weighted by atomic mass is 19.2. The van der Waals surface area contributed by atoms with Crippen LogP contribution < -0.4 is 4.90 Å². The zero-order valence-corrected chi connectivity index (χ0v) is 20.4. The Hall–Kier alpha value is -4.01. The van der Waals surface area contributed by atoms with Crippen molar-refractivity contribution in [1.29, 1.82) is 0 Å². The van der Waals surface area contributed by atoms with Crippen LogP contribution in [0.15, 0.2) is 59.3 Å². The molecule has 3 heterocycles. The minimum Gasteiger partial charge on any atom is -0.464 e. The zero-order valence-electron chi connectivity index (χ0n) is 20.4. The number of carbonyl (C=O) groups is 1. The van der Waals surface area contributed by atoms with E-state index in [9.17, 15) is 22.4 Å². The Morgan fingerprint density at radius 1 is 0.946 bits per heavy atom. The van der Waals surface area contributed by atoms with E-state index >= 15 is 0 Å². The summed E-state index contributed by atoms with van der Waals surface area (Å²) in [4.78, 5) is 17.1. The highest BCUT2D eigenvalue weighted by Gasteiger charge is 2.30. The Morgan fingerprint density at radius 2 is 1.65 bits per heavy atom. The van der Waals surface area contributed by atoms with Crippen molar-refractivity contribution in [2.75, 3.05) is 31.1 Å². The lowest BCUT2D eigenvalue weighted by atomic mass is 10.1. The molecule has 0 spiro atoms. The number of halogens is 4. The molecule has 5 nitrogen and oxygen atoms in total. The normalized spacial score (nSPS) is 13.9. The summed E-state index contributed by atoms with van der Waals surface area (Å²) < 4.78 is 63.3. The van der Waals surface area contributed by atoms with Crippen LogP contribution in [0.2, 0.25) is 0 Å². The number of piperazine rings is 1. The molecule has 0 bridgehead atoms.